The fourth-order valence-corrected chi connectivity index (χ4v) is 7.49. The zero-order valence-electron chi connectivity index (χ0n) is 17.9. The summed E-state index contributed by atoms with van der Waals surface area (Å²) in [5, 5.41) is 0. The summed E-state index contributed by atoms with van der Waals surface area (Å²) in [6, 6.07) is 0. The third kappa shape index (κ3) is 3.84. The predicted octanol–water partition coefficient (Wildman–Crippen LogP) is 8.25. The van der Waals surface area contributed by atoms with Gasteiger partial charge in [0.15, 0.2) is 0 Å². The van der Waals surface area contributed by atoms with E-state index in [0.29, 0.717) is 0 Å². The molecule has 0 heteroatoms. The van der Waals surface area contributed by atoms with Crippen LogP contribution in [0, 0.1) is 40.9 Å². The first kappa shape index (κ1) is 19.8. The molecule has 3 atom stereocenters. The first-order valence-corrected chi connectivity index (χ1v) is 12.2. The molecule has 4 rings (SSSR count). The maximum atomic E-state index is 2.51. The van der Waals surface area contributed by atoms with Crippen molar-refractivity contribution < 1.29 is 0 Å². The zero-order valence-corrected chi connectivity index (χ0v) is 17.9. The second-order valence-corrected chi connectivity index (χ2v) is 10.4. The van der Waals surface area contributed by atoms with Crippen molar-refractivity contribution in [1.29, 1.82) is 0 Å². The summed E-state index contributed by atoms with van der Waals surface area (Å²) in [6.07, 6.45) is 21.6. The molecule has 4 aliphatic carbocycles. The SMILES string of the molecule is CCC.CCC1CC(C2(C3CC(C)C3)CCCCCC3CCCC32)C1. The monoisotopic (exact) mass is 346 g/mol. The smallest absolute Gasteiger partial charge is 0.0210 e. The van der Waals surface area contributed by atoms with Crippen LogP contribution < -0.4 is 0 Å². The van der Waals surface area contributed by atoms with Crippen molar-refractivity contribution in [2.45, 2.75) is 118 Å². The van der Waals surface area contributed by atoms with Gasteiger partial charge in [-0.15, -0.1) is 0 Å². The molecule has 146 valence electrons. The van der Waals surface area contributed by atoms with Gasteiger partial charge >= 0.3 is 0 Å². The maximum Gasteiger partial charge on any atom is -0.0210 e. The molecule has 0 radical (unpaired) electrons. The van der Waals surface area contributed by atoms with Crippen LogP contribution in [0.2, 0.25) is 0 Å². The van der Waals surface area contributed by atoms with E-state index in [0.717, 1.165) is 40.9 Å². The summed E-state index contributed by atoms with van der Waals surface area (Å²) in [5.41, 5.74) is 0.805. The van der Waals surface area contributed by atoms with Gasteiger partial charge < -0.3 is 0 Å². The highest BCUT2D eigenvalue weighted by Crippen LogP contribution is 2.66. The number of fused-ring (bicyclic) bond motifs is 1. The molecule has 0 N–H and O–H groups in total. The van der Waals surface area contributed by atoms with Crippen LogP contribution in [0.15, 0.2) is 0 Å². The quantitative estimate of drug-likeness (QED) is 0.482. The third-order valence-electron chi connectivity index (χ3n) is 8.74. The van der Waals surface area contributed by atoms with Crippen molar-refractivity contribution >= 4 is 0 Å². The van der Waals surface area contributed by atoms with Crippen molar-refractivity contribution in [3.8, 4) is 0 Å². The Bertz CT molecular complexity index is 387. The van der Waals surface area contributed by atoms with Crippen LogP contribution in [0.25, 0.3) is 0 Å². The van der Waals surface area contributed by atoms with Gasteiger partial charge in [0.25, 0.3) is 0 Å². The highest BCUT2D eigenvalue weighted by atomic mass is 14.6. The van der Waals surface area contributed by atoms with Crippen LogP contribution in [-0.2, 0) is 0 Å². The Labute approximate surface area is 158 Å². The van der Waals surface area contributed by atoms with Crippen LogP contribution in [0.1, 0.15) is 118 Å². The van der Waals surface area contributed by atoms with E-state index in [1.807, 2.05) is 0 Å². The van der Waals surface area contributed by atoms with E-state index in [-0.39, 0.29) is 0 Å². The zero-order chi connectivity index (χ0) is 17.9. The highest BCUT2D eigenvalue weighted by molar-refractivity contribution is 5.07. The number of hydrogen-bond acceptors (Lipinski definition) is 0. The minimum atomic E-state index is 0.805. The Kier molecular flexibility index (Phi) is 6.95. The Morgan fingerprint density at radius 3 is 2.04 bits per heavy atom. The normalized spacial score (nSPS) is 46.6. The largest absolute Gasteiger partial charge is 0.0656 e. The molecule has 0 saturated heterocycles. The third-order valence-corrected chi connectivity index (χ3v) is 8.74. The van der Waals surface area contributed by atoms with Crippen molar-refractivity contribution in [2.24, 2.45) is 40.9 Å². The molecule has 0 aromatic rings. The van der Waals surface area contributed by atoms with Gasteiger partial charge in [-0.05, 0) is 79.4 Å². The van der Waals surface area contributed by atoms with E-state index in [9.17, 15) is 0 Å². The molecule has 4 fully saturated rings. The van der Waals surface area contributed by atoms with Crippen LogP contribution in [0.4, 0.5) is 0 Å². The van der Waals surface area contributed by atoms with Crippen LogP contribution in [-0.4, -0.2) is 0 Å². The molecule has 0 aliphatic heterocycles. The van der Waals surface area contributed by atoms with E-state index in [1.165, 1.54) is 19.3 Å². The lowest BCUT2D eigenvalue weighted by atomic mass is 9.43. The highest BCUT2D eigenvalue weighted by Gasteiger charge is 2.58. The molecule has 0 amide bonds. The van der Waals surface area contributed by atoms with Crippen molar-refractivity contribution in [1.82, 2.24) is 0 Å². The number of rotatable bonds is 3. The molecule has 0 spiro atoms. The van der Waals surface area contributed by atoms with Gasteiger partial charge in [0.1, 0.15) is 0 Å². The van der Waals surface area contributed by atoms with E-state index < -0.39 is 0 Å². The lowest BCUT2D eigenvalue weighted by molar-refractivity contribution is -0.123. The van der Waals surface area contributed by atoms with E-state index in [4.69, 9.17) is 0 Å². The van der Waals surface area contributed by atoms with E-state index in [2.05, 4.69) is 27.7 Å². The van der Waals surface area contributed by atoms with Gasteiger partial charge in [-0.3, -0.25) is 0 Å². The summed E-state index contributed by atoms with van der Waals surface area (Å²) in [5.74, 6) is 6.62. The van der Waals surface area contributed by atoms with Crippen LogP contribution in [0.3, 0.4) is 0 Å². The van der Waals surface area contributed by atoms with Crippen molar-refractivity contribution in [3.63, 3.8) is 0 Å². The average Bonchev–Trinajstić information content (AvgIpc) is 2.96. The molecule has 25 heavy (non-hydrogen) atoms. The molecule has 0 aromatic carbocycles. The van der Waals surface area contributed by atoms with Gasteiger partial charge in [-0.1, -0.05) is 79.1 Å². The topological polar surface area (TPSA) is 0 Å². The fourth-order valence-electron chi connectivity index (χ4n) is 7.49. The van der Waals surface area contributed by atoms with Crippen molar-refractivity contribution in [2.75, 3.05) is 0 Å². The first-order chi connectivity index (χ1) is 12.2. The van der Waals surface area contributed by atoms with Gasteiger partial charge in [0, 0.05) is 0 Å². The Balaban J connectivity index is 0.000000569. The van der Waals surface area contributed by atoms with Gasteiger partial charge in [-0.25, -0.2) is 0 Å². The maximum absolute atomic E-state index is 2.51. The number of hydrogen-bond donors (Lipinski definition) is 0. The molecule has 0 aromatic heterocycles. The average molecular weight is 347 g/mol. The summed E-state index contributed by atoms with van der Waals surface area (Å²) >= 11 is 0. The van der Waals surface area contributed by atoms with Gasteiger partial charge in [0.05, 0.1) is 0 Å². The molecular formula is C25H46. The van der Waals surface area contributed by atoms with Crippen molar-refractivity contribution in [3.05, 3.63) is 0 Å². The fraction of sp³-hybridized carbons (Fsp3) is 1.00. The Hall–Kier alpha value is 0. The van der Waals surface area contributed by atoms with E-state index >= 15 is 0 Å². The van der Waals surface area contributed by atoms with E-state index in [1.54, 1.807) is 70.6 Å². The summed E-state index contributed by atoms with van der Waals surface area (Å²) in [4.78, 5) is 0. The molecule has 0 nitrogen and oxygen atoms in total. The molecule has 0 bridgehead atoms. The second-order valence-electron chi connectivity index (χ2n) is 10.4. The van der Waals surface area contributed by atoms with Crippen LogP contribution >= 0.6 is 0 Å². The van der Waals surface area contributed by atoms with Gasteiger partial charge in [0.2, 0.25) is 0 Å². The summed E-state index contributed by atoms with van der Waals surface area (Å²) < 4.78 is 0. The summed E-state index contributed by atoms with van der Waals surface area (Å²) in [7, 11) is 0. The molecular weight excluding hydrogens is 300 g/mol. The predicted molar refractivity (Wildman–Crippen MR) is 111 cm³/mol. The minimum Gasteiger partial charge on any atom is -0.0656 e. The summed E-state index contributed by atoms with van der Waals surface area (Å²) in [6.45, 7) is 9.18. The minimum absolute atomic E-state index is 0.805. The second kappa shape index (κ2) is 8.79. The standard InChI is InChI=1S/C22H38.C3H8/c1-3-17-14-20(15-17)22(19-12-16(2)13-19)11-6-4-5-8-18-9-7-10-21(18)22;1-3-2/h16-21H,3-15H2,1-2H3;3H2,1-2H3. The first-order valence-electron chi connectivity index (χ1n) is 12.2. The van der Waals surface area contributed by atoms with Gasteiger partial charge in [-0.2, -0.15) is 0 Å². The molecule has 3 unspecified atom stereocenters. The molecule has 4 saturated carbocycles. The Morgan fingerprint density at radius 1 is 0.760 bits per heavy atom. The molecule has 0 heterocycles. The lowest BCUT2D eigenvalue weighted by Crippen LogP contribution is -2.53. The molecule has 4 aliphatic rings. The lowest BCUT2D eigenvalue weighted by Gasteiger charge is -2.61. The van der Waals surface area contributed by atoms with Crippen LogP contribution in [0.5, 0.6) is 0 Å². The Morgan fingerprint density at radius 2 is 1.40 bits per heavy atom.